The molecule has 0 saturated carbocycles. The number of rotatable bonds is 7. The lowest BCUT2D eigenvalue weighted by molar-refractivity contribution is -0.133. The van der Waals surface area contributed by atoms with Crippen molar-refractivity contribution in [2.45, 2.75) is 31.5 Å². The van der Waals surface area contributed by atoms with Crippen LogP contribution in [0, 0.1) is 0 Å². The van der Waals surface area contributed by atoms with Crippen molar-refractivity contribution in [3.63, 3.8) is 0 Å². The molecule has 2 aromatic heterocycles. The fraction of sp³-hybridized carbons (Fsp3) is 0.500. The van der Waals surface area contributed by atoms with Crippen LogP contribution in [0.25, 0.3) is 11.2 Å². The summed E-state index contributed by atoms with van der Waals surface area (Å²) in [7, 11) is 1.52. The highest BCUT2D eigenvalue weighted by Crippen LogP contribution is 2.27. The molecule has 0 amide bonds. The molecule has 0 atom stereocenters. The van der Waals surface area contributed by atoms with Gasteiger partial charge in [-0.2, -0.15) is 4.98 Å². The maximum absolute atomic E-state index is 10.7. The van der Waals surface area contributed by atoms with Gasteiger partial charge in [0.05, 0.1) is 12.9 Å². The number of aromatic nitrogens is 4. The van der Waals surface area contributed by atoms with Gasteiger partial charge in [-0.05, 0) is 6.42 Å². The fourth-order valence-electron chi connectivity index (χ4n) is 1.80. The lowest BCUT2D eigenvalue weighted by atomic mass is 10.3. The molecule has 2 aromatic rings. The Kier molecular flexibility index (Phi) is 4.78. The van der Waals surface area contributed by atoms with E-state index in [0.717, 1.165) is 19.4 Å². The average molecular weight is 296 g/mol. The topological polar surface area (TPSA) is 90.1 Å². The van der Waals surface area contributed by atoms with Crippen molar-refractivity contribution in [3.05, 3.63) is 6.33 Å². The first-order chi connectivity index (χ1) is 9.67. The summed E-state index contributed by atoms with van der Waals surface area (Å²) in [5.74, 6) is -0.505. The number of carboxylic acid groups (broad SMARTS) is 1. The number of fused-ring (bicyclic) bond motifs is 1. The molecule has 0 aliphatic carbocycles. The van der Waals surface area contributed by atoms with Gasteiger partial charge in [0, 0.05) is 6.54 Å². The zero-order chi connectivity index (χ0) is 14.5. The number of hydrogen-bond acceptors (Lipinski definition) is 6. The van der Waals surface area contributed by atoms with E-state index in [1.54, 1.807) is 0 Å². The number of hydrogen-bond donors (Lipinski definition) is 1. The van der Waals surface area contributed by atoms with Crippen molar-refractivity contribution in [1.29, 1.82) is 0 Å². The molecule has 0 aliphatic rings. The van der Waals surface area contributed by atoms with Gasteiger partial charge in [0.15, 0.2) is 16.3 Å². The van der Waals surface area contributed by atoms with E-state index in [1.807, 2.05) is 4.57 Å². The van der Waals surface area contributed by atoms with Crippen LogP contribution in [0.1, 0.15) is 19.8 Å². The minimum absolute atomic E-state index is 0.0365. The second kappa shape index (κ2) is 6.56. The number of unbranched alkanes of at least 4 members (excludes halogenated alkanes) is 1. The largest absolute Gasteiger partial charge is 0.481 e. The van der Waals surface area contributed by atoms with Crippen molar-refractivity contribution in [2.24, 2.45) is 0 Å². The molecule has 0 bridgehead atoms. The Morgan fingerprint density at radius 2 is 2.30 bits per heavy atom. The van der Waals surface area contributed by atoms with Gasteiger partial charge in [0.25, 0.3) is 0 Å². The van der Waals surface area contributed by atoms with Gasteiger partial charge in [0.2, 0.25) is 5.88 Å². The van der Waals surface area contributed by atoms with Gasteiger partial charge < -0.3 is 14.4 Å². The van der Waals surface area contributed by atoms with E-state index in [0.29, 0.717) is 22.2 Å². The summed E-state index contributed by atoms with van der Waals surface area (Å²) in [5.41, 5.74) is 1.25. The number of imidazole rings is 1. The highest BCUT2D eigenvalue weighted by Gasteiger charge is 2.17. The van der Waals surface area contributed by atoms with Crippen molar-refractivity contribution in [3.8, 4) is 5.88 Å². The molecular weight excluding hydrogens is 280 g/mol. The summed E-state index contributed by atoms with van der Waals surface area (Å²) in [6, 6.07) is 0. The van der Waals surface area contributed by atoms with Crippen molar-refractivity contribution in [1.82, 2.24) is 19.5 Å². The van der Waals surface area contributed by atoms with Gasteiger partial charge in [-0.1, -0.05) is 25.1 Å². The predicted molar refractivity (Wildman–Crippen MR) is 75.1 cm³/mol. The number of ether oxygens (including phenoxy) is 1. The minimum atomic E-state index is -0.873. The molecule has 108 valence electrons. The van der Waals surface area contributed by atoms with E-state index >= 15 is 0 Å². The van der Waals surface area contributed by atoms with Crippen LogP contribution in [-0.4, -0.2) is 43.5 Å². The minimum Gasteiger partial charge on any atom is -0.481 e. The maximum Gasteiger partial charge on any atom is 0.313 e. The van der Waals surface area contributed by atoms with Gasteiger partial charge in [-0.25, -0.2) is 9.97 Å². The number of methoxy groups -OCH3 is 1. The first-order valence-corrected chi connectivity index (χ1v) is 7.25. The Bertz CT molecular complexity index is 614. The highest BCUT2D eigenvalue weighted by atomic mass is 32.2. The van der Waals surface area contributed by atoms with Gasteiger partial charge >= 0.3 is 5.97 Å². The third-order valence-corrected chi connectivity index (χ3v) is 3.68. The molecule has 8 heteroatoms. The lowest BCUT2D eigenvalue weighted by Gasteiger charge is -2.06. The molecule has 0 unspecified atom stereocenters. The van der Waals surface area contributed by atoms with E-state index in [-0.39, 0.29) is 5.75 Å². The zero-order valence-corrected chi connectivity index (χ0v) is 12.2. The molecular formula is C12H16N4O3S. The van der Waals surface area contributed by atoms with Crippen LogP contribution in [0.15, 0.2) is 11.5 Å². The highest BCUT2D eigenvalue weighted by molar-refractivity contribution is 7.99. The summed E-state index contributed by atoms with van der Waals surface area (Å²) in [6.45, 7) is 2.84. The van der Waals surface area contributed by atoms with E-state index in [4.69, 9.17) is 9.84 Å². The van der Waals surface area contributed by atoms with Gasteiger partial charge in [-0.3, -0.25) is 4.79 Å². The van der Waals surface area contributed by atoms with E-state index in [9.17, 15) is 4.79 Å². The first kappa shape index (κ1) is 14.6. The molecule has 0 spiro atoms. The molecule has 0 radical (unpaired) electrons. The number of nitrogens with zero attached hydrogens (tertiary/aromatic N) is 4. The van der Waals surface area contributed by atoms with Gasteiger partial charge in [-0.15, -0.1) is 0 Å². The number of carboxylic acids is 1. The van der Waals surface area contributed by atoms with Crippen LogP contribution in [0.2, 0.25) is 0 Å². The second-order valence-electron chi connectivity index (χ2n) is 4.14. The Labute approximate surface area is 120 Å². The van der Waals surface area contributed by atoms with Crippen molar-refractivity contribution in [2.75, 3.05) is 12.9 Å². The number of thioether (sulfide) groups is 1. The summed E-state index contributed by atoms with van der Waals surface area (Å²) < 4.78 is 7.10. The maximum atomic E-state index is 10.7. The third kappa shape index (κ3) is 3.01. The Morgan fingerprint density at radius 3 is 2.95 bits per heavy atom. The van der Waals surface area contributed by atoms with E-state index in [2.05, 4.69) is 21.9 Å². The average Bonchev–Trinajstić information content (AvgIpc) is 2.80. The number of aliphatic carboxylic acids is 1. The Morgan fingerprint density at radius 1 is 1.50 bits per heavy atom. The normalized spacial score (nSPS) is 10.9. The zero-order valence-electron chi connectivity index (χ0n) is 11.4. The number of carbonyl (C=O) groups is 1. The van der Waals surface area contributed by atoms with E-state index in [1.165, 1.54) is 25.2 Å². The first-order valence-electron chi connectivity index (χ1n) is 6.27. The van der Waals surface area contributed by atoms with Crippen LogP contribution >= 0.6 is 11.8 Å². The molecule has 1 N–H and O–H groups in total. The van der Waals surface area contributed by atoms with Crippen LogP contribution in [-0.2, 0) is 11.3 Å². The summed E-state index contributed by atoms with van der Waals surface area (Å²) in [5, 5.41) is 9.44. The quantitative estimate of drug-likeness (QED) is 0.779. The standard InChI is InChI=1S/C12H16N4O3S/c1-3-4-5-16-10-9(11(19-2)14-7-13-10)15-12(16)20-6-8(17)18/h7H,3-6H2,1-2H3,(H,17,18). The van der Waals surface area contributed by atoms with Gasteiger partial charge in [0.1, 0.15) is 6.33 Å². The van der Waals surface area contributed by atoms with Crippen LogP contribution in [0.4, 0.5) is 0 Å². The molecule has 0 aromatic carbocycles. The Balaban J connectivity index is 2.44. The molecule has 7 nitrogen and oxygen atoms in total. The van der Waals surface area contributed by atoms with Crippen LogP contribution in [0.5, 0.6) is 5.88 Å². The lowest BCUT2D eigenvalue weighted by Crippen LogP contribution is -2.04. The predicted octanol–water partition coefficient (Wildman–Crippen LogP) is 1.81. The summed E-state index contributed by atoms with van der Waals surface area (Å²) in [4.78, 5) is 23.4. The monoisotopic (exact) mass is 296 g/mol. The van der Waals surface area contributed by atoms with Crippen LogP contribution in [0.3, 0.4) is 0 Å². The van der Waals surface area contributed by atoms with Crippen molar-refractivity contribution >= 4 is 28.9 Å². The molecule has 2 heterocycles. The molecule has 0 aliphatic heterocycles. The third-order valence-electron chi connectivity index (χ3n) is 2.72. The molecule has 2 rings (SSSR count). The van der Waals surface area contributed by atoms with E-state index < -0.39 is 5.97 Å². The van der Waals surface area contributed by atoms with Crippen molar-refractivity contribution < 1.29 is 14.6 Å². The fourth-order valence-corrected chi connectivity index (χ4v) is 2.54. The summed E-state index contributed by atoms with van der Waals surface area (Å²) >= 11 is 1.18. The SMILES string of the molecule is CCCCn1c(SCC(=O)O)nc2c(OC)ncnc21. The van der Waals surface area contributed by atoms with Crippen LogP contribution < -0.4 is 4.74 Å². The number of aryl methyl sites for hydroxylation is 1. The molecule has 20 heavy (non-hydrogen) atoms. The molecule has 0 saturated heterocycles. The summed E-state index contributed by atoms with van der Waals surface area (Å²) in [6.07, 6.45) is 3.43. The Hall–Kier alpha value is -1.83. The smallest absolute Gasteiger partial charge is 0.313 e. The second-order valence-corrected chi connectivity index (χ2v) is 5.08. The molecule has 0 fully saturated rings.